The number of hydrogen-bond acceptors (Lipinski definition) is 2. The van der Waals surface area contributed by atoms with E-state index in [0.717, 1.165) is 5.56 Å². The van der Waals surface area contributed by atoms with Crippen LogP contribution < -0.4 is 5.14 Å². The topological polar surface area (TPSA) is 60.2 Å². The van der Waals surface area contributed by atoms with Crippen LogP contribution in [0.1, 0.15) is 0 Å². The molecule has 0 fully saturated rings. The zero-order valence-electron chi connectivity index (χ0n) is 9.10. The standard InChI is InChI=1S/C12H9Cl2NO2S/c13-10-7-6-9(8-4-2-1-3-5-8)11(14)12(10)18(15,16)17/h1-7H,(H2,15,16,17). The SMILES string of the molecule is NS(=O)(=O)c1c(Cl)ccc(-c2ccccc2)c1Cl. The lowest BCUT2D eigenvalue weighted by Gasteiger charge is -2.10. The van der Waals surface area contributed by atoms with Gasteiger partial charge in [-0.2, -0.15) is 0 Å². The van der Waals surface area contributed by atoms with Crippen LogP contribution in [0.4, 0.5) is 0 Å². The number of rotatable bonds is 2. The maximum Gasteiger partial charge on any atom is 0.241 e. The quantitative estimate of drug-likeness (QED) is 0.925. The van der Waals surface area contributed by atoms with Gasteiger partial charge in [-0.15, -0.1) is 0 Å². The molecular weight excluding hydrogens is 293 g/mol. The van der Waals surface area contributed by atoms with Crippen molar-refractivity contribution in [1.82, 2.24) is 0 Å². The van der Waals surface area contributed by atoms with Gasteiger partial charge in [0.15, 0.2) is 0 Å². The van der Waals surface area contributed by atoms with E-state index >= 15 is 0 Å². The summed E-state index contributed by atoms with van der Waals surface area (Å²) in [7, 11) is -3.96. The highest BCUT2D eigenvalue weighted by Gasteiger charge is 2.20. The van der Waals surface area contributed by atoms with E-state index in [1.54, 1.807) is 6.07 Å². The Bertz CT molecular complexity index is 685. The Labute approximate surface area is 115 Å². The van der Waals surface area contributed by atoms with E-state index in [9.17, 15) is 8.42 Å². The van der Waals surface area contributed by atoms with Crippen LogP contribution in [0.15, 0.2) is 47.4 Å². The van der Waals surface area contributed by atoms with Crippen molar-refractivity contribution in [1.29, 1.82) is 0 Å². The van der Waals surface area contributed by atoms with Gasteiger partial charge in [-0.05, 0) is 11.6 Å². The predicted molar refractivity (Wildman–Crippen MR) is 73.3 cm³/mol. The Morgan fingerprint density at radius 1 is 0.944 bits per heavy atom. The van der Waals surface area contributed by atoms with Crippen LogP contribution in [0, 0.1) is 0 Å². The molecule has 6 heteroatoms. The van der Waals surface area contributed by atoms with Gasteiger partial charge in [-0.3, -0.25) is 0 Å². The molecule has 0 amide bonds. The van der Waals surface area contributed by atoms with Gasteiger partial charge in [0.05, 0.1) is 10.0 Å². The van der Waals surface area contributed by atoms with E-state index in [4.69, 9.17) is 28.3 Å². The van der Waals surface area contributed by atoms with Gasteiger partial charge in [0.25, 0.3) is 0 Å². The molecule has 94 valence electrons. The summed E-state index contributed by atoms with van der Waals surface area (Å²) in [4.78, 5) is -0.243. The number of primary sulfonamides is 1. The maximum atomic E-state index is 11.5. The van der Waals surface area contributed by atoms with Crippen LogP contribution in [0.2, 0.25) is 10.0 Å². The lowest BCUT2D eigenvalue weighted by molar-refractivity contribution is 0.598. The first-order valence-electron chi connectivity index (χ1n) is 4.97. The molecule has 0 heterocycles. The zero-order chi connectivity index (χ0) is 13.3. The van der Waals surface area contributed by atoms with E-state index in [1.807, 2.05) is 30.3 Å². The molecule has 2 aromatic rings. The summed E-state index contributed by atoms with van der Waals surface area (Å²) in [5, 5.41) is 5.16. The Hall–Kier alpha value is -1.07. The second-order valence-electron chi connectivity index (χ2n) is 3.65. The Balaban J connectivity index is 2.74. The average Bonchev–Trinajstić information content (AvgIpc) is 2.28. The van der Waals surface area contributed by atoms with E-state index in [-0.39, 0.29) is 14.9 Å². The number of benzene rings is 2. The fourth-order valence-electron chi connectivity index (χ4n) is 1.63. The van der Waals surface area contributed by atoms with Crippen molar-refractivity contribution < 1.29 is 8.42 Å². The second kappa shape index (κ2) is 4.90. The van der Waals surface area contributed by atoms with Crippen molar-refractivity contribution in [3.8, 4) is 11.1 Å². The fraction of sp³-hybridized carbons (Fsp3) is 0. The normalized spacial score (nSPS) is 11.5. The van der Waals surface area contributed by atoms with Crippen molar-refractivity contribution in [2.75, 3.05) is 0 Å². The third kappa shape index (κ3) is 2.52. The minimum absolute atomic E-state index is 0.0159. The van der Waals surface area contributed by atoms with E-state index in [1.165, 1.54) is 6.07 Å². The van der Waals surface area contributed by atoms with Gasteiger partial charge in [0, 0.05) is 5.56 Å². The van der Waals surface area contributed by atoms with Crippen LogP contribution in [0.5, 0.6) is 0 Å². The molecule has 0 unspecified atom stereocenters. The molecule has 2 aromatic carbocycles. The number of halogens is 2. The third-order valence-electron chi connectivity index (χ3n) is 2.42. The van der Waals surface area contributed by atoms with E-state index in [2.05, 4.69) is 0 Å². The molecule has 2 rings (SSSR count). The highest BCUT2D eigenvalue weighted by atomic mass is 35.5. The summed E-state index contributed by atoms with van der Waals surface area (Å²) in [6, 6.07) is 12.3. The van der Waals surface area contributed by atoms with Gasteiger partial charge in [0.2, 0.25) is 10.0 Å². The molecular formula is C12H9Cl2NO2S. The summed E-state index contributed by atoms with van der Waals surface area (Å²) in [5.41, 5.74) is 1.37. The van der Waals surface area contributed by atoms with Gasteiger partial charge in [-0.1, -0.05) is 59.6 Å². The molecule has 18 heavy (non-hydrogen) atoms. The first kappa shape index (κ1) is 13.4. The van der Waals surface area contributed by atoms with Gasteiger partial charge >= 0.3 is 0 Å². The third-order valence-corrected chi connectivity index (χ3v) is 4.34. The van der Waals surface area contributed by atoms with Crippen molar-refractivity contribution in [2.24, 2.45) is 5.14 Å². The van der Waals surface area contributed by atoms with Crippen LogP contribution in [-0.2, 0) is 10.0 Å². The molecule has 0 bridgehead atoms. The molecule has 0 saturated heterocycles. The van der Waals surface area contributed by atoms with Crippen LogP contribution in [0.25, 0.3) is 11.1 Å². The van der Waals surface area contributed by atoms with E-state index < -0.39 is 10.0 Å². The second-order valence-corrected chi connectivity index (χ2v) is 5.93. The highest BCUT2D eigenvalue weighted by Crippen LogP contribution is 2.36. The summed E-state index contributed by atoms with van der Waals surface area (Å²) >= 11 is 11.9. The predicted octanol–water partition coefficient (Wildman–Crippen LogP) is 3.31. The summed E-state index contributed by atoms with van der Waals surface area (Å²) in [6.07, 6.45) is 0. The van der Waals surface area contributed by atoms with Gasteiger partial charge in [0.1, 0.15) is 4.90 Å². The number of nitrogens with two attached hydrogens (primary N) is 1. The van der Waals surface area contributed by atoms with Crippen LogP contribution in [0.3, 0.4) is 0 Å². The summed E-state index contributed by atoms with van der Waals surface area (Å²) in [6.45, 7) is 0. The van der Waals surface area contributed by atoms with Crippen LogP contribution >= 0.6 is 23.2 Å². The minimum Gasteiger partial charge on any atom is -0.225 e. The molecule has 0 aliphatic heterocycles. The molecule has 0 aliphatic carbocycles. The lowest BCUT2D eigenvalue weighted by atomic mass is 10.1. The smallest absolute Gasteiger partial charge is 0.225 e. The molecule has 3 nitrogen and oxygen atoms in total. The lowest BCUT2D eigenvalue weighted by Crippen LogP contribution is -2.13. The highest BCUT2D eigenvalue weighted by molar-refractivity contribution is 7.89. The number of hydrogen-bond donors (Lipinski definition) is 1. The largest absolute Gasteiger partial charge is 0.241 e. The van der Waals surface area contributed by atoms with Crippen molar-refractivity contribution in [3.63, 3.8) is 0 Å². The van der Waals surface area contributed by atoms with Crippen molar-refractivity contribution >= 4 is 33.2 Å². The Morgan fingerprint density at radius 2 is 1.56 bits per heavy atom. The molecule has 0 spiro atoms. The van der Waals surface area contributed by atoms with Crippen molar-refractivity contribution in [2.45, 2.75) is 4.90 Å². The average molecular weight is 302 g/mol. The Kier molecular flexibility index (Phi) is 3.64. The van der Waals surface area contributed by atoms with Crippen molar-refractivity contribution in [3.05, 3.63) is 52.5 Å². The molecule has 2 N–H and O–H groups in total. The van der Waals surface area contributed by atoms with Gasteiger partial charge in [-0.25, -0.2) is 13.6 Å². The molecule has 0 aromatic heterocycles. The first-order chi connectivity index (χ1) is 8.41. The maximum absolute atomic E-state index is 11.5. The van der Waals surface area contributed by atoms with Crippen LogP contribution in [-0.4, -0.2) is 8.42 Å². The summed E-state index contributed by atoms with van der Waals surface area (Å²) in [5.74, 6) is 0. The minimum atomic E-state index is -3.96. The molecule has 0 saturated carbocycles. The number of sulfonamides is 1. The zero-order valence-corrected chi connectivity index (χ0v) is 11.4. The molecule has 0 atom stereocenters. The Morgan fingerprint density at radius 3 is 2.11 bits per heavy atom. The van der Waals surface area contributed by atoms with E-state index in [0.29, 0.717) is 5.56 Å². The molecule has 0 radical (unpaired) electrons. The monoisotopic (exact) mass is 301 g/mol. The molecule has 0 aliphatic rings. The fourth-order valence-corrected chi connectivity index (χ4v) is 3.46. The summed E-state index contributed by atoms with van der Waals surface area (Å²) < 4.78 is 22.9. The first-order valence-corrected chi connectivity index (χ1v) is 7.27. The van der Waals surface area contributed by atoms with Gasteiger partial charge < -0.3 is 0 Å².